The molecular formula is C10H11Br3S. The van der Waals surface area contributed by atoms with Crippen LogP contribution in [0.5, 0.6) is 0 Å². The highest BCUT2D eigenvalue weighted by Crippen LogP contribution is 2.61. The van der Waals surface area contributed by atoms with E-state index in [4.69, 9.17) is 0 Å². The van der Waals surface area contributed by atoms with Crippen LogP contribution in [0.15, 0.2) is 13.6 Å². The molecule has 1 aliphatic carbocycles. The number of halogens is 3. The van der Waals surface area contributed by atoms with E-state index >= 15 is 0 Å². The molecule has 0 saturated heterocycles. The van der Waals surface area contributed by atoms with E-state index < -0.39 is 0 Å². The van der Waals surface area contributed by atoms with Crippen molar-refractivity contribution in [3.05, 3.63) is 19.2 Å². The van der Waals surface area contributed by atoms with Crippen LogP contribution in [0, 0.1) is 11.3 Å². The van der Waals surface area contributed by atoms with Gasteiger partial charge < -0.3 is 0 Å². The van der Waals surface area contributed by atoms with Crippen molar-refractivity contribution < 1.29 is 0 Å². The Labute approximate surface area is 114 Å². The van der Waals surface area contributed by atoms with E-state index in [2.05, 4.69) is 67.7 Å². The molecule has 78 valence electrons. The van der Waals surface area contributed by atoms with E-state index in [0.717, 1.165) is 5.92 Å². The second-order valence-electron chi connectivity index (χ2n) is 4.48. The molecule has 1 saturated carbocycles. The predicted octanol–water partition coefficient (Wildman–Crippen LogP) is 5.76. The minimum atomic E-state index is 0.495. The van der Waals surface area contributed by atoms with Crippen molar-refractivity contribution in [1.29, 1.82) is 0 Å². The Bertz CT molecular complexity index is 356. The van der Waals surface area contributed by atoms with Gasteiger partial charge in [0.2, 0.25) is 0 Å². The van der Waals surface area contributed by atoms with Crippen LogP contribution in [0.3, 0.4) is 0 Å². The predicted molar refractivity (Wildman–Crippen MR) is 73.3 cm³/mol. The fraction of sp³-hybridized carbons (Fsp3) is 0.600. The Morgan fingerprint density at radius 3 is 2.43 bits per heavy atom. The first-order valence-corrected chi connectivity index (χ1v) is 7.82. The number of hydrogen-bond donors (Lipinski definition) is 0. The molecule has 0 amide bonds. The Morgan fingerprint density at radius 1 is 1.50 bits per heavy atom. The summed E-state index contributed by atoms with van der Waals surface area (Å²) in [6.45, 7) is 4.67. The number of alkyl halides is 1. The Kier molecular flexibility index (Phi) is 3.21. The molecule has 1 fully saturated rings. The fourth-order valence-electron chi connectivity index (χ4n) is 1.77. The third-order valence-corrected chi connectivity index (χ3v) is 6.44. The molecule has 0 aromatic carbocycles. The lowest BCUT2D eigenvalue weighted by Gasteiger charge is -2.10. The van der Waals surface area contributed by atoms with Crippen LogP contribution in [-0.2, 0) is 0 Å². The summed E-state index contributed by atoms with van der Waals surface area (Å²) in [7, 11) is 0. The number of rotatable bonds is 2. The first kappa shape index (κ1) is 11.6. The summed E-state index contributed by atoms with van der Waals surface area (Å²) in [5, 5.41) is 0. The van der Waals surface area contributed by atoms with E-state index in [1.54, 1.807) is 11.3 Å². The van der Waals surface area contributed by atoms with Crippen molar-refractivity contribution in [2.75, 3.05) is 0 Å². The lowest BCUT2D eigenvalue weighted by Crippen LogP contribution is -1.97. The average molecular weight is 403 g/mol. The van der Waals surface area contributed by atoms with Gasteiger partial charge in [-0.2, -0.15) is 0 Å². The van der Waals surface area contributed by atoms with E-state index in [-0.39, 0.29) is 0 Å². The van der Waals surface area contributed by atoms with Crippen LogP contribution in [0.2, 0.25) is 0 Å². The third kappa shape index (κ3) is 2.13. The molecule has 0 aliphatic heterocycles. The van der Waals surface area contributed by atoms with Gasteiger partial charge in [-0.25, -0.2) is 0 Å². The number of thiophene rings is 1. The Hall–Kier alpha value is 1.14. The molecule has 4 heteroatoms. The molecule has 0 radical (unpaired) electrons. The van der Waals surface area contributed by atoms with E-state index in [1.807, 2.05) is 0 Å². The van der Waals surface area contributed by atoms with Crippen LogP contribution >= 0.6 is 59.1 Å². The maximum atomic E-state index is 3.81. The first-order valence-electron chi connectivity index (χ1n) is 4.50. The van der Waals surface area contributed by atoms with Crippen LogP contribution in [0.25, 0.3) is 0 Å². The summed E-state index contributed by atoms with van der Waals surface area (Å²) in [5.41, 5.74) is 1.90. The summed E-state index contributed by atoms with van der Waals surface area (Å²) in [6.07, 6.45) is 1.32. The van der Waals surface area contributed by atoms with Gasteiger partial charge in [-0.3, -0.25) is 0 Å². The topological polar surface area (TPSA) is 0 Å². The molecule has 0 nitrogen and oxygen atoms in total. The highest BCUT2D eigenvalue weighted by Gasteiger charge is 2.50. The summed E-state index contributed by atoms with van der Waals surface area (Å²) in [5.74, 6) is 0.778. The van der Waals surface area contributed by atoms with Crippen LogP contribution in [-0.4, -0.2) is 0 Å². The monoisotopic (exact) mass is 400 g/mol. The second kappa shape index (κ2) is 3.86. The molecule has 0 N–H and O–H groups in total. The zero-order valence-electron chi connectivity index (χ0n) is 7.98. The maximum Gasteiger partial charge on any atom is 0.0753 e. The molecule has 0 bridgehead atoms. The van der Waals surface area contributed by atoms with Gasteiger partial charge in [-0.05, 0) is 61.2 Å². The maximum absolute atomic E-state index is 3.81. The van der Waals surface area contributed by atoms with Gasteiger partial charge in [-0.1, -0.05) is 29.8 Å². The Morgan fingerprint density at radius 2 is 2.07 bits per heavy atom. The van der Waals surface area contributed by atoms with Gasteiger partial charge >= 0.3 is 0 Å². The van der Waals surface area contributed by atoms with Gasteiger partial charge in [0.1, 0.15) is 0 Å². The highest BCUT2D eigenvalue weighted by atomic mass is 79.9. The van der Waals surface area contributed by atoms with Crippen LogP contribution in [0.4, 0.5) is 0 Å². The van der Waals surface area contributed by atoms with Gasteiger partial charge in [0.05, 0.1) is 7.57 Å². The normalized spacial score (nSPS) is 26.2. The van der Waals surface area contributed by atoms with Crippen molar-refractivity contribution >= 4 is 59.1 Å². The quantitative estimate of drug-likeness (QED) is 0.552. The fourth-order valence-corrected chi connectivity index (χ4v) is 6.42. The minimum absolute atomic E-state index is 0.495. The minimum Gasteiger partial charge on any atom is -0.121 e. The molecular weight excluding hydrogens is 392 g/mol. The van der Waals surface area contributed by atoms with Gasteiger partial charge in [0.25, 0.3) is 0 Å². The third-order valence-electron chi connectivity index (χ3n) is 2.92. The zero-order valence-corrected chi connectivity index (χ0v) is 13.6. The highest BCUT2D eigenvalue weighted by molar-refractivity contribution is 9.12. The van der Waals surface area contributed by atoms with Crippen molar-refractivity contribution in [2.45, 2.75) is 25.1 Å². The number of hydrogen-bond acceptors (Lipinski definition) is 1. The van der Waals surface area contributed by atoms with Crippen LogP contribution in [0.1, 0.15) is 30.7 Å². The summed E-state index contributed by atoms with van der Waals surface area (Å²) in [6, 6.07) is 2.21. The van der Waals surface area contributed by atoms with Gasteiger partial charge in [-0.15, -0.1) is 11.3 Å². The van der Waals surface area contributed by atoms with Crippen molar-refractivity contribution in [3.8, 4) is 0 Å². The Balaban J connectivity index is 2.20. The van der Waals surface area contributed by atoms with Crippen molar-refractivity contribution in [2.24, 2.45) is 11.3 Å². The molecule has 2 rings (SSSR count). The summed E-state index contributed by atoms with van der Waals surface area (Å²) < 4.78 is 2.44. The largest absolute Gasteiger partial charge is 0.121 e. The molecule has 0 spiro atoms. The standard InChI is InChI=1S/C10H11Br3S/c1-10(2)4-6(10)8(12)5-3-7(11)14-9(5)13/h3,6,8H,4H2,1-2H3. The van der Waals surface area contributed by atoms with Crippen LogP contribution < -0.4 is 0 Å². The molecule has 1 heterocycles. The lowest BCUT2D eigenvalue weighted by atomic mass is 10.1. The summed E-state index contributed by atoms with van der Waals surface area (Å²) >= 11 is 12.7. The molecule has 2 unspecified atom stereocenters. The van der Waals surface area contributed by atoms with Gasteiger partial charge in [0.15, 0.2) is 0 Å². The average Bonchev–Trinajstić information content (AvgIpc) is 2.55. The zero-order chi connectivity index (χ0) is 10.5. The molecule has 1 aromatic heterocycles. The van der Waals surface area contributed by atoms with E-state index in [9.17, 15) is 0 Å². The summed E-state index contributed by atoms with van der Waals surface area (Å²) in [4.78, 5) is 0.495. The van der Waals surface area contributed by atoms with Crippen molar-refractivity contribution in [3.63, 3.8) is 0 Å². The molecule has 14 heavy (non-hydrogen) atoms. The molecule has 2 atom stereocenters. The molecule has 1 aromatic rings. The SMILES string of the molecule is CC1(C)CC1C(Br)c1cc(Br)sc1Br. The second-order valence-corrected chi connectivity index (χ2v) is 9.22. The van der Waals surface area contributed by atoms with E-state index in [1.165, 1.54) is 19.6 Å². The lowest BCUT2D eigenvalue weighted by molar-refractivity contribution is 0.555. The van der Waals surface area contributed by atoms with Gasteiger partial charge in [0, 0.05) is 4.83 Å². The molecule has 1 aliphatic rings. The van der Waals surface area contributed by atoms with Crippen molar-refractivity contribution in [1.82, 2.24) is 0 Å². The first-order chi connectivity index (χ1) is 6.42. The van der Waals surface area contributed by atoms with E-state index in [0.29, 0.717) is 10.2 Å². The smallest absolute Gasteiger partial charge is 0.0753 e.